The Labute approximate surface area is 127 Å². The Balaban J connectivity index is 1.63. The topological polar surface area (TPSA) is 44.3 Å². The second kappa shape index (κ2) is 6.60. The summed E-state index contributed by atoms with van der Waals surface area (Å²) in [5.41, 5.74) is 1.04. The van der Waals surface area contributed by atoms with Crippen LogP contribution in [0.5, 0.6) is 0 Å². The normalized spacial score (nSPS) is 21.0. The predicted octanol–water partition coefficient (Wildman–Crippen LogP) is 2.28. The Morgan fingerprint density at radius 3 is 2.52 bits per heavy atom. The maximum atomic E-state index is 4.65. The van der Waals surface area contributed by atoms with E-state index in [9.17, 15) is 0 Å². The van der Waals surface area contributed by atoms with Crippen LogP contribution in [-0.4, -0.2) is 53.6 Å². The zero-order valence-corrected chi connectivity index (χ0v) is 13.3. The third-order valence-corrected chi connectivity index (χ3v) is 4.65. The molecule has 1 aliphatic carbocycles. The SMILES string of the molecule is CCNc1nc(C)cc(N2CCN(C3CCCC3)CC2)n1. The van der Waals surface area contributed by atoms with E-state index in [1.165, 1.54) is 38.8 Å². The summed E-state index contributed by atoms with van der Waals surface area (Å²) < 4.78 is 0. The Hall–Kier alpha value is -1.36. The van der Waals surface area contributed by atoms with Gasteiger partial charge in [0.05, 0.1) is 0 Å². The van der Waals surface area contributed by atoms with Crippen molar-refractivity contribution in [3.8, 4) is 0 Å². The number of anilines is 2. The highest BCUT2D eigenvalue weighted by Gasteiger charge is 2.26. The van der Waals surface area contributed by atoms with E-state index in [0.717, 1.165) is 43.1 Å². The van der Waals surface area contributed by atoms with E-state index in [1.807, 2.05) is 6.92 Å². The van der Waals surface area contributed by atoms with Crippen LogP contribution in [-0.2, 0) is 0 Å². The van der Waals surface area contributed by atoms with Gasteiger partial charge in [-0.1, -0.05) is 12.8 Å². The van der Waals surface area contributed by atoms with Crippen molar-refractivity contribution in [1.82, 2.24) is 14.9 Å². The summed E-state index contributed by atoms with van der Waals surface area (Å²) in [6.45, 7) is 9.48. The van der Waals surface area contributed by atoms with Crippen molar-refractivity contribution in [3.63, 3.8) is 0 Å². The van der Waals surface area contributed by atoms with Gasteiger partial charge in [0.15, 0.2) is 0 Å². The average molecular weight is 289 g/mol. The fourth-order valence-corrected chi connectivity index (χ4v) is 3.54. The van der Waals surface area contributed by atoms with Crippen LogP contribution in [0.25, 0.3) is 0 Å². The molecule has 5 nitrogen and oxygen atoms in total. The Morgan fingerprint density at radius 1 is 1.14 bits per heavy atom. The van der Waals surface area contributed by atoms with Gasteiger partial charge in [-0.3, -0.25) is 4.90 Å². The quantitative estimate of drug-likeness (QED) is 0.921. The molecule has 2 heterocycles. The minimum atomic E-state index is 0.755. The first-order valence-corrected chi connectivity index (χ1v) is 8.35. The molecule has 2 fully saturated rings. The summed E-state index contributed by atoms with van der Waals surface area (Å²) in [5.74, 6) is 1.83. The Kier molecular flexibility index (Phi) is 4.58. The van der Waals surface area contributed by atoms with Crippen LogP contribution in [0.4, 0.5) is 11.8 Å². The predicted molar refractivity (Wildman–Crippen MR) is 87.0 cm³/mol. The van der Waals surface area contributed by atoms with Crippen LogP contribution in [0.2, 0.25) is 0 Å². The van der Waals surface area contributed by atoms with E-state index in [0.29, 0.717) is 0 Å². The molecule has 0 atom stereocenters. The summed E-state index contributed by atoms with van der Waals surface area (Å²) in [6.07, 6.45) is 5.64. The highest BCUT2D eigenvalue weighted by atomic mass is 15.3. The van der Waals surface area contributed by atoms with Crippen molar-refractivity contribution in [2.45, 2.75) is 45.6 Å². The lowest BCUT2D eigenvalue weighted by molar-refractivity contribution is 0.187. The molecule has 0 amide bonds. The molecule has 1 aromatic rings. The lowest BCUT2D eigenvalue weighted by atomic mass is 10.2. The molecule has 0 unspecified atom stereocenters. The maximum Gasteiger partial charge on any atom is 0.224 e. The minimum Gasteiger partial charge on any atom is -0.354 e. The van der Waals surface area contributed by atoms with Gasteiger partial charge < -0.3 is 10.2 Å². The van der Waals surface area contributed by atoms with Crippen molar-refractivity contribution in [2.75, 3.05) is 42.9 Å². The van der Waals surface area contributed by atoms with Crippen molar-refractivity contribution in [3.05, 3.63) is 11.8 Å². The van der Waals surface area contributed by atoms with E-state index in [4.69, 9.17) is 0 Å². The second-order valence-electron chi connectivity index (χ2n) is 6.18. The zero-order valence-electron chi connectivity index (χ0n) is 13.3. The largest absolute Gasteiger partial charge is 0.354 e. The number of aryl methyl sites for hydroxylation is 1. The fourth-order valence-electron chi connectivity index (χ4n) is 3.54. The standard InChI is InChI=1S/C16H27N5/c1-3-17-16-18-13(2)12-15(19-16)21-10-8-20(9-11-21)14-6-4-5-7-14/h12,14H,3-11H2,1-2H3,(H,17,18,19). The zero-order chi connectivity index (χ0) is 14.7. The average Bonchev–Trinajstić information content (AvgIpc) is 3.01. The maximum absolute atomic E-state index is 4.65. The van der Waals surface area contributed by atoms with E-state index in [-0.39, 0.29) is 0 Å². The van der Waals surface area contributed by atoms with Gasteiger partial charge >= 0.3 is 0 Å². The Bertz CT molecular complexity index is 462. The third-order valence-electron chi connectivity index (χ3n) is 4.65. The molecule has 0 bridgehead atoms. The van der Waals surface area contributed by atoms with Gasteiger partial charge in [-0.25, -0.2) is 4.98 Å². The molecule has 0 aromatic carbocycles. The van der Waals surface area contributed by atoms with Gasteiger partial charge in [0.25, 0.3) is 0 Å². The molecule has 21 heavy (non-hydrogen) atoms. The molecule has 1 aliphatic heterocycles. The van der Waals surface area contributed by atoms with Gasteiger partial charge in [0.2, 0.25) is 5.95 Å². The van der Waals surface area contributed by atoms with Crippen LogP contribution in [0.1, 0.15) is 38.3 Å². The number of hydrogen-bond acceptors (Lipinski definition) is 5. The van der Waals surface area contributed by atoms with Gasteiger partial charge in [-0.2, -0.15) is 4.98 Å². The third kappa shape index (κ3) is 3.46. The summed E-state index contributed by atoms with van der Waals surface area (Å²) in [4.78, 5) is 14.2. The van der Waals surface area contributed by atoms with Crippen LogP contribution < -0.4 is 10.2 Å². The van der Waals surface area contributed by atoms with Crippen LogP contribution in [0.15, 0.2) is 6.07 Å². The molecule has 116 valence electrons. The van der Waals surface area contributed by atoms with Crippen molar-refractivity contribution in [1.29, 1.82) is 0 Å². The lowest BCUT2D eigenvalue weighted by Crippen LogP contribution is -2.50. The molecule has 5 heteroatoms. The van der Waals surface area contributed by atoms with Gasteiger partial charge in [-0.15, -0.1) is 0 Å². The molecule has 1 saturated carbocycles. The van der Waals surface area contributed by atoms with Crippen LogP contribution in [0, 0.1) is 6.92 Å². The molecular formula is C16H27N5. The van der Waals surface area contributed by atoms with Gasteiger partial charge in [-0.05, 0) is 26.7 Å². The number of nitrogens with zero attached hydrogens (tertiary/aromatic N) is 4. The molecular weight excluding hydrogens is 262 g/mol. The van der Waals surface area contributed by atoms with Crippen molar-refractivity contribution in [2.24, 2.45) is 0 Å². The summed E-state index contributed by atoms with van der Waals surface area (Å²) in [6, 6.07) is 2.95. The first kappa shape index (κ1) is 14.6. The van der Waals surface area contributed by atoms with Crippen molar-refractivity contribution < 1.29 is 0 Å². The number of piperazine rings is 1. The van der Waals surface area contributed by atoms with Gasteiger partial charge in [0.1, 0.15) is 5.82 Å². The monoisotopic (exact) mass is 289 g/mol. The minimum absolute atomic E-state index is 0.755. The second-order valence-corrected chi connectivity index (χ2v) is 6.18. The fraction of sp³-hybridized carbons (Fsp3) is 0.750. The highest BCUT2D eigenvalue weighted by Crippen LogP contribution is 2.25. The van der Waals surface area contributed by atoms with E-state index in [1.54, 1.807) is 0 Å². The molecule has 2 aliphatic rings. The molecule has 1 aromatic heterocycles. The summed E-state index contributed by atoms with van der Waals surface area (Å²) in [7, 11) is 0. The van der Waals surface area contributed by atoms with E-state index >= 15 is 0 Å². The Morgan fingerprint density at radius 2 is 1.86 bits per heavy atom. The smallest absolute Gasteiger partial charge is 0.224 e. The molecule has 1 N–H and O–H groups in total. The molecule has 0 radical (unpaired) electrons. The highest BCUT2D eigenvalue weighted by molar-refractivity contribution is 5.45. The number of rotatable bonds is 4. The lowest BCUT2D eigenvalue weighted by Gasteiger charge is -2.38. The van der Waals surface area contributed by atoms with E-state index in [2.05, 4.69) is 38.1 Å². The molecule has 3 rings (SSSR count). The molecule has 0 spiro atoms. The first-order chi connectivity index (χ1) is 10.3. The van der Waals surface area contributed by atoms with E-state index < -0.39 is 0 Å². The molecule has 1 saturated heterocycles. The number of hydrogen-bond donors (Lipinski definition) is 1. The summed E-state index contributed by atoms with van der Waals surface area (Å²) in [5, 5.41) is 3.22. The number of nitrogens with one attached hydrogen (secondary N) is 1. The van der Waals surface area contributed by atoms with Crippen LogP contribution in [0.3, 0.4) is 0 Å². The summed E-state index contributed by atoms with van der Waals surface area (Å²) >= 11 is 0. The van der Waals surface area contributed by atoms with Crippen LogP contribution >= 0.6 is 0 Å². The number of aromatic nitrogens is 2. The van der Waals surface area contributed by atoms with Gasteiger partial charge in [0, 0.05) is 50.5 Å². The first-order valence-electron chi connectivity index (χ1n) is 8.35. The van der Waals surface area contributed by atoms with Crippen molar-refractivity contribution >= 4 is 11.8 Å².